The lowest BCUT2D eigenvalue weighted by Gasteiger charge is -2.28. The first-order chi connectivity index (χ1) is 17.5. The van der Waals surface area contributed by atoms with Crippen molar-refractivity contribution in [2.24, 2.45) is 0 Å². The molecule has 2 unspecified atom stereocenters. The van der Waals surface area contributed by atoms with Crippen molar-refractivity contribution in [3.63, 3.8) is 0 Å². The maximum Gasteiger partial charge on any atom is 0.337 e. The number of hydrogen-bond acceptors (Lipinski definition) is 4. The van der Waals surface area contributed by atoms with Gasteiger partial charge in [-0.05, 0) is 73.6 Å². The number of hydrogen-bond donors (Lipinski definition) is 1. The Hall–Kier alpha value is -3.97. The van der Waals surface area contributed by atoms with E-state index in [1.54, 1.807) is 6.07 Å². The second-order valence-corrected chi connectivity index (χ2v) is 9.33. The normalized spacial score (nSPS) is 17.2. The number of carbonyl (C=O) groups excluding carboxylic acids is 1. The Morgan fingerprint density at radius 2 is 1.81 bits per heavy atom. The molecular weight excluding hydrogens is 468 g/mol. The van der Waals surface area contributed by atoms with E-state index in [1.807, 2.05) is 60.8 Å². The molecule has 0 saturated carbocycles. The van der Waals surface area contributed by atoms with E-state index in [-0.39, 0.29) is 18.1 Å². The second kappa shape index (κ2) is 9.95. The SMILES string of the molecule is COC(=O)c1cccc(-n2c(C)cc(C3C(c4ccccn4)NC(=S)N3Cc3ccccc3)c2C)c1. The van der Waals surface area contributed by atoms with Gasteiger partial charge < -0.3 is 19.5 Å². The van der Waals surface area contributed by atoms with E-state index in [1.165, 1.54) is 12.7 Å². The molecule has 182 valence electrons. The van der Waals surface area contributed by atoms with E-state index in [9.17, 15) is 4.79 Å². The van der Waals surface area contributed by atoms with Crippen LogP contribution in [-0.4, -0.2) is 32.6 Å². The van der Waals surface area contributed by atoms with Crippen molar-refractivity contribution >= 4 is 23.3 Å². The van der Waals surface area contributed by atoms with Crippen LogP contribution in [-0.2, 0) is 11.3 Å². The maximum absolute atomic E-state index is 12.2. The minimum absolute atomic E-state index is 0.0589. The number of benzene rings is 2. The molecule has 2 atom stereocenters. The maximum atomic E-state index is 12.2. The van der Waals surface area contributed by atoms with E-state index in [0.29, 0.717) is 17.2 Å². The van der Waals surface area contributed by atoms with E-state index in [2.05, 4.69) is 51.8 Å². The molecule has 6 nitrogen and oxygen atoms in total. The fraction of sp³-hybridized carbons (Fsp3) is 0.207. The summed E-state index contributed by atoms with van der Waals surface area (Å²) < 4.78 is 7.12. The van der Waals surface area contributed by atoms with Crippen molar-refractivity contribution in [3.05, 3.63) is 119 Å². The molecular formula is C29H28N4O2S. The zero-order valence-corrected chi connectivity index (χ0v) is 21.3. The van der Waals surface area contributed by atoms with Crippen molar-refractivity contribution in [3.8, 4) is 5.69 Å². The fourth-order valence-electron chi connectivity index (χ4n) is 5.07. The van der Waals surface area contributed by atoms with Gasteiger partial charge in [0, 0.05) is 29.8 Å². The molecule has 0 spiro atoms. The third-order valence-corrected chi connectivity index (χ3v) is 7.06. The van der Waals surface area contributed by atoms with Gasteiger partial charge in [0.15, 0.2) is 5.11 Å². The van der Waals surface area contributed by atoms with Gasteiger partial charge in [-0.25, -0.2) is 4.79 Å². The van der Waals surface area contributed by atoms with E-state index >= 15 is 0 Å². The van der Waals surface area contributed by atoms with Crippen molar-refractivity contribution in [2.75, 3.05) is 7.11 Å². The van der Waals surface area contributed by atoms with Gasteiger partial charge in [0.2, 0.25) is 0 Å². The zero-order chi connectivity index (χ0) is 25.2. The van der Waals surface area contributed by atoms with Crippen LogP contribution in [0.15, 0.2) is 85.1 Å². The monoisotopic (exact) mass is 496 g/mol. The summed E-state index contributed by atoms with van der Waals surface area (Å²) in [5, 5.41) is 4.25. The lowest BCUT2D eigenvalue weighted by atomic mass is 9.96. The Labute approximate surface area is 216 Å². The summed E-state index contributed by atoms with van der Waals surface area (Å²) in [6.07, 6.45) is 1.82. The van der Waals surface area contributed by atoms with Crippen LogP contribution < -0.4 is 5.32 Å². The zero-order valence-electron chi connectivity index (χ0n) is 20.5. The lowest BCUT2D eigenvalue weighted by Crippen LogP contribution is -2.29. The number of rotatable bonds is 6. The number of esters is 1. The van der Waals surface area contributed by atoms with Gasteiger partial charge in [0.25, 0.3) is 0 Å². The molecule has 5 rings (SSSR count). The average molecular weight is 497 g/mol. The summed E-state index contributed by atoms with van der Waals surface area (Å²) in [6.45, 7) is 4.88. The van der Waals surface area contributed by atoms with Crippen LogP contribution in [0.3, 0.4) is 0 Å². The third kappa shape index (κ3) is 4.38. The smallest absolute Gasteiger partial charge is 0.337 e. The number of nitrogens with one attached hydrogen (secondary N) is 1. The number of pyridine rings is 1. The van der Waals surface area contributed by atoms with Crippen LogP contribution in [0.25, 0.3) is 5.69 Å². The van der Waals surface area contributed by atoms with Crippen LogP contribution >= 0.6 is 12.2 Å². The number of ether oxygens (including phenoxy) is 1. The highest BCUT2D eigenvalue weighted by molar-refractivity contribution is 7.80. The Morgan fingerprint density at radius 1 is 1.03 bits per heavy atom. The highest BCUT2D eigenvalue weighted by atomic mass is 32.1. The predicted molar refractivity (Wildman–Crippen MR) is 144 cm³/mol. The molecule has 7 heteroatoms. The van der Waals surface area contributed by atoms with Gasteiger partial charge in [-0.3, -0.25) is 4.98 Å². The highest BCUT2D eigenvalue weighted by Gasteiger charge is 2.41. The topological polar surface area (TPSA) is 59.4 Å². The molecule has 4 aromatic rings. The van der Waals surface area contributed by atoms with E-state index in [4.69, 9.17) is 17.0 Å². The van der Waals surface area contributed by atoms with Gasteiger partial charge in [-0.1, -0.05) is 42.5 Å². The van der Waals surface area contributed by atoms with Gasteiger partial charge in [0.05, 0.1) is 30.5 Å². The largest absolute Gasteiger partial charge is 0.465 e. The van der Waals surface area contributed by atoms with E-state index < -0.39 is 0 Å². The number of nitrogens with zero attached hydrogens (tertiary/aromatic N) is 3. The molecule has 1 aliphatic heterocycles. The number of thiocarbonyl (C=S) groups is 1. The molecule has 2 aromatic carbocycles. The predicted octanol–water partition coefficient (Wildman–Crippen LogP) is 5.45. The van der Waals surface area contributed by atoms with Crippen LogP contribution in [0, 0.1) is 13.8 Å². The quantitative estimate of drug-likeness (QED) is 0.283. The summed E-state index contributed by atoms with van der Waals surface area (Å²) in [5.74, 6) is -0.353. The van der Waals surface area contributed by atoms with E-state index in [0.717, 1.165) is 28.3 Å². The summed E-state index contributed by atoms with van der Waals surface area (Å²) in [6, 6.07) is 25.9. The molecule has 1 fully saturated rings. The summed E-state index contributed by atoms with van der Waals surface area (Å²) in [7, 11) is 1.40. The Bertz CT molecular complexity index is 1400. The first-order valence-electron chi connectivity index (χ1n) is 11.9. The van der Waals surface area contributed by atoms with Crippen LogP contribution in [0.2, 0.25) is 0 Å². The van der Waals surface area contributed by atoms with Crippen molar-refractivity contribution in [1.82, 2.24) is 19.8 Å². The third-order valence-electron chi connectivity index (χ3n) is 6.71. The van der Waals surface area contributed by atoms with Crippen LogP contribution in [0.5, 0.6) is 0 Å². The standard InChI is InChI=1S/C29H28N4O2S/c1-19-16-24(20(2)33(19)23-13-9-12-22(17-23)28(34)35-3)27-26(25-14-7-8-15-30-25)31-29(36)32(27)18-21-10-5-4-6-11-21/h4-17,26-27H,18H2,1-3H3,(H,31,36). The highest BCUT2D eigenvalue weighted by Crippen LogP contribution is 2.42. The average Bonchev–Trinajstić information content (AvgIpc) is 3.39. The number of aromatic nitrogens is 2. The molecule has 3 heterocycles. The molecule has 0 aliphatic carbocycles. The molecule has 0 amide bonds. The lowest BCUT2D eigenvalue weighted by molar-refractivity contribution is 0.0600. The Kier molecular flexibility index (Phi) is 6.57. The Balaban J connectivity index is 1.61. The number of methoxy groups -OCH3 is 1. The van der Waals surface area contributed by atoms with Gasteiger partial charge in [0.1, 0.15) is 0 Å². The van der Waals surface area contributed by atoms with Gasteiger partial charge in [-0.15, -0.1) is 0 Å². The van der Waals surface area contributed by atoms with Crippen molar-refractivity contribution < 1.29 is 9.53 Å². The second-order valence-electron chi connectivity index (χ2n) is 8.94. The molecule has 1 N–H and O–H groups in total. The molecule has 36 heavy (non-hydrogen) atoms. The Morgan fingerprint density at radius 3 is 2.53 bits per heavy atom. The summed E-state index contributed by atoms with van der Waals surface area (Å²) in [4.78, 5) is 19.1. The first kappa shape index (κ1) is 23.8. The summed E-state index contributed by atoms with van der Waals surface area (Å²) in [5.41, 5.74) is 6.88. The van der Waals surface area contributed by atoms with Gasteiger partial charge in [-0.2, -0.15) is 0 Å². The molecule has 1 aliphatic rings. The molecule has 0 bridgehead atoms. The van der Waals surface area contributed by atoms with Crippen LogP contribution in [0.1, 0.15) is 50.7 Å². The molecule has 1 saturated heterocycles. The van der Waals surface area contributed by atoms with Gasteiger partial charge >= 0.3 is 5.97 Å². The van der Waals surface area contributed by atoms with Crippen LogP contribution in [0.4, 0.5) is 0 Å². The minimum atomic E-state index is -0.353. The van der Waals surface area contributed by atoms with Crippen molar-refractivity contribution in [1.29, 1.82) is 0 Å². The minimum Gasteiger partial charge on any atom is -0.465 e. The number of carbonyl (C=O) groups is 1. The first-order valence-corrected chi connectivity index (χ1v) is 12.3. The fourth-order valence-corrected chi connectivity index (χ4v) is 5.37. The summed E-state index contributed by atoms with van der Waals surface area (Å²) >= 11 is 5.86. The molecule has 2 aromatic heterocycles. The number of aryl methyl sites for hydroxylation is 1. The molecule has 0 radical (unpaired) electrons. The van der Waals surface area contributed by atoms with Crippen molar-refractivity contribution in [2.45, 2.75) is 32.5 Å².